The molecule has 0 amide bonds. The maximum atomic E-state index is 13.7. The number of carboxylic acid groups (broad SMARTS) is 2. The molecule has 0 bridgehead atoms. The number of ether oxygens (including phenoxy) is 1. The van der Waals surface area contributed by atoms with Crippen molar-refractivity contribution in [2.24, 2.45) is 0 Å². The van der Waals surface area contributed by atoms with E-state index in [1.165, 1.54) is 31.7 Å². The zero-order valence-electron chi connectivity index (χ0n) is 14.8. The molecular weight excluding hydrogens is 342 g/mol. The highest BCUT2D eigenvalue weighted by molar-refractivity contribution is 5.64. The molecule has 26 heavy (non-hydrogen) atoms. The number of rotatable bonds is 8. The molecule has 6 heteroatoms. The summed E-state index contributed by atoms with van der Waals surface area (Å²) in [5.41, 5.74) is 0.915. The van der Waals surface area contributed by atoms with Crippen LogP contribution in [0.3, 0.4) is 0 Å². The molecule has 0 fully saturated rings. The van der Waals surface area contributed by atoms with Gasteiger partial charge in [0, 0.05) is 5.56 Å². The van der Waals surface area contributed by atoms with Crippen LogP contribution in [-0.2, 0) is 0 Å². The van der Waals surface area contributed by atoms with Crippen LogP contribution in [0, 0.1) is 11.6 Å². The van der Waals surface area contributed by atoms with E-state index in [1.54, 1.807) is 30.3 Å². The van der Waals surface area contributed by atoms with Crippen molar-refractivity contribution in [1.29, 1.82) is 0 Å². The van der Waals surface area contributed by atoms with E-state index in [0.717, 1.165) is 18.2 Å². The van der Waals surface area contributed by atoms with Crippen LogP contribution < -0.4 is 4.74 Å². The molecule has 142 valence electrons. The number of hydrogen-bond donors (Lipinski definition) is 2. The van der Waals surface area contributed by atoms with Crippen LogP contribution in [-0.4, -0.2) is 23.0 Å². The maximum absolute atomic E-state index is 13.7. The molecule has 0 spiro atoms. The van der Waals surface area contributed by atoms with Crippen LogP contribution in [0.2, 0.25) is 0 Å². The lowest BCUT2D eigenvalue weighted by Gasteiger charge is -2.08. The molecular formula is C20H24F2O4. The van der Waals surface area contributed by atoms with E-state index in [4.69, 9.17) is 19.7 Å². The van der Waals surface area contributed by atoms with Gasteiger partial charge in [-0.1, -0.05) is 56.9 Å². The van der Waals surface area contributed by atoms with Crippen molar-refractivity contribution in [1.82, 2.24) is 0 Å². The van der Waals surface area contributed by atoms with Crippen LogP contribution in [0.5, 0.6) is 5.75 Å². The lowest BCUT2D eigenvalue weighted by molar-refractivity contribution is 0.137. The normalized spacial score (nSPS) is 9.96. The summed E-state index contributed by atoms with van der Waals surface area (Å²) in [7, 11) is 0. The molecule has 4 nitrogen and oxygen atoms in total. The molecule has 2 rings (SSSR count). The van der Waals surface area contributed by atoms with Crippen LogP contribution >= 0.6 is 0 Å². The fraction of sp³-hybridized carbons (Fsp3) is 0.350. The van der Waals surface area contributed by atoms with E-state index in [2.05, 4.69) is 6.92 Å². The molecule has 0 unspecified atom stereocenters. The molecule has 0 aliphatic rings. The molecule has 2 aromatic rings. The molecule has 2 N–H and O–H groups in total. The predicted octanol–water partition coefficient (Wildman–Crippen LogP) is 6.20. The first kappa shape index (κ1) is 21.4. The zero-order valence-corrected chi connectivity index (χ0v) is 14.8. The average molecular weight is 366 g/mol. The molecule has 0 aliphatic heterocycles. The molecule has 0 saturated heterocycles. The summed E-state index contributed by atoms with van der Waals surface area (Å²) in [5.74, 6) is -0.881. The highest BCUT2D eigenvalue weighted by atomic mass is 19.2. The number of halogens is 2. The van der Waals surface area contributed by atoms with Crippen molar-refractivity contribution in [3.8, 4) is 16.9 Å². The average Bonchev–Trinajstić information content (AvgIpc) is 2.61. The van der Waals surface area contributed by atoms with Gasteiger partial charge in [0.25, 0.3) is 0 Å². The Balaban J connectivity index is 0.000000765. The second-order valence-electron chi connectivity index (χ2n) is 5.67. The number of benzene rings is 2. The van der Waals surface area contributed by atoms with E-state index < -0.39 is 17.8 Å². The first-order chi connectivity index (χ1) is 12.5. The molecule has 0 aliphatic carbocycles. The van der Waals surface area contributed by atoms with Crippen LogP contribution in [0.4, 0.5) is 13.6 Å². The molecule has 0 heterocycles. The van der Waals surface area contributed by atoms with Crippen molar-refractivity contribution < 1.29 is 28.5 Å². The van der Waals surface area contributed by atoms with Crippen molar-refractivity contribution in [3.63, 3.8) is 0 Å². The molecule has 0 aromatic heterocycles. The van der Waals surface area contributed by atoms with Crippen LogP contribution in [0.25, 0.3) is 11.1 Å². The van der Waals surface area contributed by atoms with Gasteiger partial charge in [-0.2, -0.15) is 0 Å². The lowest BCUT2D eigenvalue weighted by atomic mass is 10.0. The summed E-state index contributed by atoms with van der Waals surface area (Å²) in [5, 5.41) is 13.9. The van der Waals surface area contributed by atoms with Crippen molar-refractivity contribution in [2.75, 3.05) is 6.61 Å². The Kier molecular flexibility index (Phi) is 9.75. The highest BCUT2D eigenvalue weighted by Gasteiger charge is 2.09. The van der Waals surface area contributed by atoms with Crippen LogP contribution in [0.1, 0.15) is 39.0 Å². The van der Waals surface area contributed by atoms with Gasteiger partial charge in [0.2, 0.25) is 0 Å². The van der Waals surface area contributed by atoms with Crippen LogP contribution in [0.15, 0.2) is 42.5 Å². The van der Waals surface area contributed by atoms with Gasteiger partial charge in [-0.25, -0.2) is 13.6 Å². The first-order valence-electron chi connectivity index (χ1n) is 8.54. The maximum Gasteiger partial charge on any atom is 0.503 e. The third-order valence-electron chi connectivity index (χ3n) is 3.63. The first-order valence-corrected chi connectivity index (χ1v) is 8.54. The Morgan fingerprint density at radius 3 is 2.19 bits per heavy atom. The summed E-state index contributed by atoms with van der Waals surface area (Å²) >= 11 is 0. The van der Waals surface area contributed by atoms with E-state index >= 15 is 0 Å². The molecule has 0 saturated carbocycles. The largest absolute Gasteiger partial charge is 0.503 e. The van der Waals surface area contributed by atoms with Gasteiger partial charge in [0.1, 0.15) is 5.75 Å². The van der Waals surface area contributed by atoms with E-state index in [-0.39, 0.29) is 5.56 Å². The Labute approximate surface area is 152 Å². The van der Waals surface area contributed by atoms with Gasteiger partial charge in [0.15, 0.2) is 11.6 Å². The van der Waals surface area contributed by atoms with Gasteiger partial charge in [-0.05, 0) is 30.2 Å². The third kappa shape index (κ3) is 7.96. The SMILES string of the molecule is CCCCCCCOc1ccc(-c2cccc(F)c2F)cc1.O=C(O)O. The number of carbonyl (C=O) groups is 1. The number of unbranched alkanes of at least 4 members (excludes halogenated alkanes) is 4. The highest BCUT2D eigenvalue weighted by Crippen LogP contribution is 2.26. The van der Waals surface area contributed by atoms with Crippen molar-refractivity contribution in [2.45, 2.75) is 39.0 Å². The minimum Gasteiger partial charge on any atom is -0.494 e. The van der Waals surface area contributed by atoms with E-state index in [1.807, 2.05) is 0 Å². The third-order valence-corrected chi connectivity index (χ3v) is 3.63. The van der Waals surface area contributed by atoms with E-state index in [9.17, 15) is 8.78 Å². The van der Waals surface area contributed by atoms with Gasteiger partial charge in [0.05, 0.1) is 6.61 Å². The zero-order chi connectivity index (χ0) is 19.4. The van der Waals surface area contributed by atoms with Crippen molar-refractivity contribution in [3.05, 3.63) is 54.1 Å². The Bertz CT molecular complexity index is 668. The summed E-state index contributed by atoms with van der Waals surface area (Å²) in [6.07, 6.45) is 4.14. The Morgan fingerprint density at radius 1 is 0.962 bits per heavy atom. The molecule has 2 aromatic carbocycles. The van der Waals surface area contributed by atoms with E-state index in [0.29, 0.717) is 12.2 Å². The smallest absolute Gasteiger partial charge is 0.494 e. The summed E-state index contributed by atoms with van der Waals surface area (Å²) < 4.78 is 32.6. The second-order valence-corrected chi connectivity index (χ2v) is 5.67. The minimum absolute atomic E-state index is 0.270. The minimum atomic E-state index is -1.83. The predicted molar refractivity (Wildman–Crippen MR) is 96.7 cm³/mol. The monoisotopic (exact) mass is 366 g/mol. The quantitative estimate of drug-likeness (QED) is 0.546. The van der Waals surface area contributed by atoms with Crippen molar-refractivity contribution >= 4 is 6.16 Å². The fourth-order valence-corrected chi connectivity index (χ4v) is 2.35. The lowest BCUT2D eigenvalue weighted by Crippen LogP contribution is -1.97. The second kappa shape index (κ2) is 11.8. The summed E-state index contributed by atoms with van der Waals surface area (Å²) in [6, 6.07) is 11.3. The molecule has 0 radical (unpaired) electrons. The molecule has 0 atom stereocenters. The Morgan fingerprint density at radius 2 is 1.58 bits per heavy atom. The van der Waals surface area contributed by atoms with Gasteiger partial charge >= 0.3 is 6.16 Å². The van der Waals surface area contributed by atoms with Gasteiger partial charge < -0.3 is 14.9 Å². The van der Waals surface area contributed by atoms with Gasteiger partial charge in [-0.15, -0.1) is 0 Å². The Hall–Kier alpha value is -2.63. The number of hydrogen-bond acceptors (Lipinski definition) is 2. The summed E-state index contributed by atoms with van der Waals surface area (Å²) in [4.78, 5) is 8.56. The van der Waals surface area contributed by atoms with Gasteiger partial charge in [-0.3, -0.25) is 0 Å². The summed E-state index contributed by atoms with van der Waals surface area (Å²) in [6.45, 7) is 2.89. The standard InChI is InChI=1S/C19H22F2O.CH2O3/c1-2-3-4-5-6-14-22-16-12-10-15(11-13-16)17-8-7-9-18(20)19(17)21;2-1(3)4/h7-13H,2-6,14H2,1H3;(H2,2,3,4). The topological polar surface area (TPSA) is 66.8 Å². The fourth-order valence-electron chi connectivity index (χ4n) is 2.35.